The lowest BCUT2D eigenvalue weighted by molar-refractivity contribution is -0.332. The van der Waals surface area contributed by atoms with E-state index < -0.39 is 75.6 Å². The summed E-state index contributed by atoms with van der Waals surface area (Å²) in [6.45, 7) is 13.4. The van der Waals surface area contributed by atoms with Gasteiger partial charge in [-0.05, 0) is 40.4 Å². The highest BCUT2D eigenvalue weighted by atomic mass is 28.4. The lowest BCUT2D eigenvalue weighted by Crippen LogP contribution is -2.69. The van der Waals surface area contributed by atoms with Gasteiger partial charge in [-0.15, -0.1) is 0 Å². The molecule has 61 heavy (non-hydrogen) atoms. The van der Waals surface area contributed by atoms with Gasteiger partial charge in [-0.25, -0.2) is 0 Å². The molecule has 0 radical (unpaired) electrons. The van der Waals surface area contributed by atoms with Crippen molar-refractivity contribution < 1.29 is 47.1 Å². The fourth-order valence-electron chi connectivity index (χ4n) is 7.15. The minimum atomic E-state index is -2.41. The first-order valence-electron chi connectivity index (χ1n) is 21.2. The van der Waals surface area contributed by atoms with Crippen LogP contribution in [0.4, 0.5) is 0 Å². The Bertz CT molecular complexity index is 1890. The van der Waals surface area contributed by atoms with Gasteiger partial charge in [-0.1, -0.05) is 142 Å². The van der Waals surface area contributed by atoms with Crippen LogP contribution in [0.15, 0.2) is 121 Å². The second-order valence-corrected chi connectivity index (χ2v) is 22.1. The van der Waals surface area contributed by atoms with E-state index in [2.05, 4.69) is 33.9 Å². The SMILES string of the molecule is CC(=O)O[C@H]1[C@H](OCc2ccccc2)[C@@H](N)[C@H](O[C@H]2[C@H](OCc3ccccc3)[C@@H](N)[C@H](O[Si](C)(C)C(C)(C)C)O[C@@H]2COCc2ccccc2)O[C@@H]1COCc1ccccc1. The molecule has 4 N–H and O–H groups in total. The van der Waals surface area contributed by atoms with Crippen LogP contribution in [0, 0.1) is 0 Å². The molecule has 2 heterocycles. The van der Waals surface area contributed by atoms with E-state index in [1.807, 2.05) is 121 Å². The van der Waals surface area contributed by atoms with Crippen LogP contribution >= 0.6 is 0 Å². The van der Waals surface area contributed by atoms with Gasteiger partial charge in [0, 0.05) is 6.92 Å². The molecule has 0 bridgehead atoms. The summed E-state index contributed by atoms with van der Waals surface area (Å²) < 4.78 is 59.3. The standard InChI is InChI=1S/C48H64N2O10Si/c1-33(51)56-42-38(31-52-27-34-19-11-7-12-20-34)57-46(40(49)44(42)54-29-36-23-15-9-16-24-36)59-43-39(32-53-28-35-21-13-8-14-22-35)58-47(60-61(5,6)48(2,3)4)41(50)45(43)55-30-37-25-17-10-18-26-37/h7-26,38-47H,27-32,49-50H2,1-6H3/t38-,39-,40-,41-,42-,43-,44-,45-,46+,47+/m1/s1. The van der Waals surface area contributed by atoms with Crippen molar-refractivity contribution in [2.24, 2.45) is 11.5 Å². The summed E-state index contributed by atoms with van der Waals surface area (Å²) in [6.07, 6.45) is -6.94. The molecule has 0 aromatic heterocycles. The number of hydrogen-bond donors (Lipinski definition) is 2. The third kappa shape index (κ3) is 13.1. The third-order valence-corrected chi connectivity index (χ3v) is 16.0. The first-order valence-corrected chi connectivity index (χ1v) is 24.1. The molecule has 0 spiro atoms. The highest BCUT2D eigenvalue weighted by Gasteiger charge is 2.54. The molecular formula is C48H64N2O10Si. The largest absolute Gasteiger partial charge is 0.457 e. The molecule has 0 amide bonds. The molecule has 13 heteroatoms. The summed E-state index contributed by atoms with van der Waals surface area (Å²) in [5, 5.41) is -0.128. The Morgan fingerprint density at radius 1 is 0.574 bits per heavy atom. The Balaban J connectivity index is 1.33. The van der Waals surface area contributed by atoms with Crippen molar-refractivity contribution in [1.82, 2.24) is 0 Å². The zero-order valence-corrected chi connectivity index (χ0v) is 37.3. The van der Waals surface area contributed by atoms with Crippen LogP contribution in [0.2, 0.25) is 18.1 Å². The number of rotatable bonds is 19. The Hall–Kier alpha value is -3.83. The van der Waals surface area contributed by atoms with Crippen LogP contribution in [0.3, 0.4) is 0 Å². The molecule has 4 aromatic carbocycles. The molecule has 6 rings (SSSR count). The normalized spacial score (nSPS) is 27.1. The molecule has 0 unspecified atom stereocenters. The molecule has 2 fully saturated rings. The predicted molar refractivity (Wildman–Crippen MR) is 234 cm³/mol. The first-order chi connectivity index (χ1) is 29.3. The van der Waals surface area contributed by atoms with Crippen molar-refractivity contribution in [3.05, 3.63) is 144 Å². The highest BCUT2D eigenvalue weighted by molar-refractivity contribution is 6.74. The van der Waals surface area contributed by atoms with Crippen molar-refractivity contribution in [1.29, 1.82) is 0 Å². The van der Waals surface area contributed by atoms with Crippen LogP contribution in [0.5, 0.6) is 0 Å². The van der Waals surface area contributed by atoms with Gasteiger partial charge in [0.1, 0.15) is 30.5 Å². The summed E-state index contributed by atoms with van der Waals surface area (Å²) in [7, 11) is -2.41. The number of nitrogens with two attached hydrogens (primary N) is 2. The molecular weight excluding hydrogens is 793 g/mol. The van der Waals surface area contributed by atoms with Gasteiger partial charge in [-0.2, -0.15) is 0 Å². The Labute approximate surface area is 362 Å². The van der Waals surface area contributed by atoms with Gasteiger partial charge < -0.3 is 53.8 Å². The average Bonchev–Trinajstić information content (AvgIpc) is 3.24. The number of ether oxygens (including phenoxy) is 8. The molecule has 4 aromatic rings. The van der Waals surface area contributed by atoms with Crippen molar-refractivity contribution in [2.45, 2.75) is 134 Å². The van der Waals surface area contributed by atoms with Crippen LogP contribution in [0.25, 0.3) is 0 Å². The number of esters is 1. The van der Waals surface area contributed by atoms with E-state index in [0.29, 0.717) is 13.2 Å². The van der Waals surface area contributed by atoms with E-state index in [9.17, 15) is 4.79 Å². The van der Waals surface area contributed by atoms with Gasteiger partial charge >= 0.3 is 5.97 Å². The topological polar surface area (TPSA) is 152 Å². The third-order valence-electron chi connectivity index (χ3n) is 11.6. The van der Waals surface area contributed by atoms with Gasteiger partial charge in [0.15, 0.2) is 27.0 Å². The molecule has 2 aliphatic rings. The number of carbonyl (C=O) groups excluding carboxylic acids is 1. The number of benzene rings is 4. The van der Waals surface area contributed by atoms with Crippen LogP contribution < -0.4 is 11.5 Å². The summed E-state index contributed by atoms with van der Waals surface area (Å²) in [5.41, 5.74) is 18.1. The smallest absolute Gasteiger partial charge is 0.303 e. The number of hydrogen-bond acceptors (Lipinski definition) is 12. The average molecular weight is 857 g/mol. The van der Waals surface area contributed by atoms with Gasteiger partial charge in [-0.3, -0.25) is 4.79 Å². The summed E-state index contributed by atoms with van der Waals surface area (Å²) in [4.78, 5) is 12.7. The van der Waals surface area contributed by atoms with E-state index in [4.69, 9.17) is 53.8 Å². The number of carbonyl (C=O) groups is 1. The molecule has 10 atom stereocenters. The zero-order valence-electron chi connectivity index (χ0n) is 36.3. The lowest BCUT2D eigenvalue weighted by atomic mass is 9.94. The maximum absolute atomic E-state index is 12.7. The van der Waals surface area contributed by atoms with Crippen molar-refractivity contribution >= 4 is 14.3 Å². The molecule has 0 saturated carbocycles. The first kappa shape index (κ1) is 46.7. The fourth-order valence-corrected chi connectivity index (χ4v) is 8.30. The fraction of sp³-hybridized carbons (Fsp3) is 0.479. The molecule has 2 aliphatic heterocycles. The van der Waals surface area contributed by atoms with Gasteiger partial charge in [0.25, 0.3) is 0 Å². The van der Waals surface area contributed by atoms with E-state index in [-0.39, 0.29) is 31.5 Å². The van der Waals surface area contributed by atoms with E-state index in [1.165, 1.54) is 6.92 Å². The Kier molecular flexibility index (Phi) is 16.8. The van der Waals surface area contributed by atoms with Gasteiger partial charge in [0.2, 0.25) is 0 Å². The predicted octanol–water partition coefficient (Wildman–Crippen LogP) is 7.03. The van der Waals surface area contributed by atoms with Crippen molar-refractivity contribution in [2.75, 3.05) is 13.2 Å². The highest BCUT2D eigenvalue weighted by Crippen LogP contribution is 2.40. The van der Waals surface area contributed by atoms with Crippen molar-refractivity contribution in [3.63, 3.8) is 0 Å². The molecule has 0 aliphatic carbocycles. The Morgan fingerprint density at radius 3 is 1.38 bits per heavy atom. The van der Waals surface area contributed by atoms with Crippen molar-refractivity contribution in [3.8, 4) is 0 Å². The monoisotopic (exact) mass is 856 g/mol. The minimum absolute atomic E-state index is 0.0469. The van der Waals surface area contributed by atoms with E-state index in [0.717, 1.165) is 22.3 Å². The second-order valence-electron chi connectivity index (χ2n) is 17.3. The lowest BCUT2D eigenvalue weighted by Gasteiger charge is -2.50. The van der Waals surface area contributed by atoms with E-state index >= 15 is 0 Å². The summed E-state index contributed by atoms with van der Waals surface area (Å²) in [5.74, 6) is -0.508. The van der Waals surface area contributed by atoms with E-state index in [1.54, 1.807) is 0 Å². The quantitative estimate of drug-likeness (QED) is 0.0736. The van der Waals surface area contributed by atoms with Crippen LogP contribution in [0.1, 0.15) is 49.9 Å². The Morgan fingerprint density at radius 2 is 0.951 bits per heavy atom. The maximum Gasteiger partial charge on any atom is 0.303 e. The summed E-state index contributed by atoms with van der Waals surface area (Å²) >= 11 is 0. The molecule has 330 valence electrons. The minimum Gasteiger partial charge on any atom is -0.457 e. The van der Waals surface area contributed by atoms with Gasteiger partial charge in [0.05, 0.1) is 51.7 Å². The van der Waals surface area contributed by atoms with Crippen LogP contribution in [-0.4, -0.2) is 88.8 Å². The van der Waals surface area contributed by atoms with Crippen LogP contribution in [-0.2, 0) is 73.5 Å². The maximum atomic E-state index is 12.7. The second kappa shape index (κ2) is 22.0. The zero-order chi connectivity index (χ0) is 43.4. The summed E-state index contributed by atoms with van der Waals surface area (Å²) in [6, 6.07) is 37.6. The molecule has 2 saturated heterocycles. The molecule has 12 nitrogen and oxygen atoms in total.